The molecule has 0 aromatic heterocycles. The van der Waals surface area contributed by atoms with Crippen molar-refractivity contribution in [3.63, 3.8) is 0 Å². The van der Waals surface area contributed by atoms with Crippen LogP contribution in [0.2, 0.25) is 0 Å². The van der Waals surface area contributed by atoms with Crippen molar-refractivity contribution < 1.29 is 4.74 Å². The summed E-state index contributed by atoms with van der Waals surface area (Å²) in [6, 6.07) is 0. The summed E-state index contributed by atoms with van der Waals surface area (Å²) in [6.07, 6.45) is 0. The first-order chi connectivity index (χ1) is 6.78. The Balaban J connectivity index is 3.59. The molecule has 0 fully saturated rings. The lowest BCUT2D eigenvalue weighted by Crippen LogP contribution is -2.36. The molecule has 0 aliphatic rings. The van der Waals surface area contributed by atoms with Gasteiger partial charge in [-0.1, -0.05) is 20.8 Å². The second-order valence-electron chi connectivity index (χ2n) is 3.36. The maximum absolute atomic E-state index is 5.39. The van der Waals surface area contributed by atoms with Gasteiger partial charge >= 0.3 is 0 Å². The van der Waals surface area contributed by atoms with Gasteiger partial charge in [0.1, 0.15) is 0 Å². The van der Waals surface area contributed by atoms with Gasteiger partial charge in [0.2, 0.25) is 0 Å². The van der Waals surface area contributed by atoms with Crippen molar-refractivity contribution in [2.45, 2.75) is 27.7 Å². The van der Waals surface area contributed by atoms with Crippen LogP contribution in [0.1, 0.15) is 27.7 Å². The van der Waals surface area contributed by atoms with Crippen LogP contribution in [0, 0.1) is 0 Å². The van der Waals surface area contributed by atoms with Crippen molar-refractivity contribution in [2.24, 2.45) is 0 Å². The average Bonchev–Trinajstić information content (AvgIpc) is 2.23. The molecule has 0 radical (unpaired) electrons. The molecule has 0 aromatic rings. The summed E-state index contributed by atoms with van der Waals surface area (Å²) < 4.78 is 5.39. The van der Waals surface area contributed by atoms with Crippen molar-refractivity contribution in [3.05, 3.63) is 0 Å². The van der Waals surface area contributed by atoms with E-state index in [1.807, 2.05) is 6.92 Å². The lowest BCUT2D eigenvalue weighted by atomic mass is 10.4. The van der Waals surface area contributed by atoms with Crippen molar-refractivity contribution in [1.82, 2.24) is 9.80 Å². The predicted octanol–water partition coefficient (Wildman–Crippen LogP) is 1.64. The number of nitrogens with zero attached hydrogens (tertiary/aromatic N) is 2. The third kappa shape index (κ3) is 6.35. The molecular formula is C11H26N2O. The topological polar surface area (TPSA) is 15.7 Å². The van der Waals surface area contributed by atoms with Gasteiger partial charge in [-0.3, -0.25) is 4.90 Å². The molecule has 0 amide bonds. The van der Waals surface area contributed by atoms with E-state index in [1.165, 1.54) is 0 Å². The van der Waals surface area contributed by atoms with Gasteiger partial charge in [0.05, 0.1) is 6.73 Å². The van der Waals surface area contributed by atoms with E-state index in [-0.39, 0.29) is 0 Å². The molecule has 0 bridgehead atoms. The molecule has 0 rings (SSSR count). The van der Waals surface area contributed by atoms with Crippen LogP contribution in [0.15, 0.2) is 0 Å². The highest BCUT2D eigenvalue weighted by atomic mass is 16.5. The summed E-state index contributed by atoms with van der Waals surface area (Å²) in [5.41, 5.74) is 0. The number of rotatable bonds is 9. The maximum atomic E-state index is 5.39. The molecule has 3 heteroatoms. The molecular weight excluding hydrogens is 176 g/mol. The highest BCUT2D eigenvalue weighted by Crippen LogP contribution is 1.92. The number of ether oxygens (including phenoxy) is 1. The van der Waals surface area contributed by atoms with E-state index in [9.17, 15) is 0 Å². The molecule has 0 saturated carbocycles. The first-order valence-corrected chi connectivity index (χ1v) is 5.80. The lowest BCUT2D eigenvalue weighted by molar-refractivity contribution is 0.0336. The minimum absolute atomic E-state index is 0.772. The van der Waals surface area contributed by atoms with E-state index in [0.717, 1.165) is 46.1 Å². The minimum Gasteiger partial charge on any atom is -0.366 e. The van der Waals surface area contributed by atoms with Crippen molar-refractivity contribution >= 4 is 0 Å². The SMILES string of the molecule is CCOCN(CC)CCN(CC)CC. The number of hydrogen-bond donors (Lipinski definition) is 0. The number of likely N-dealkylation sites (N-methyl/N-ethyl adjacent to an activating group) is 2. The molecule has 0 aliphatic heterocycles. The van der Waals surface area contributed by atoms with Gasteiger partial charge in [-0.15, -0.1) is 0 Å². The Kier molecular flexibility index (Phi) is 9.35. The summed E-state index contributed by atoms with van der Waals surface area (Å²) in [4.78, 5) is 4.77. The molecule has 0 heterocycles. The van der Waals surface area contributed by atoms with Crippen LogP contribution in [-0.2, 0) is 4.74 Å². The largest absolute Gasteiger partial charge is 0.366 e. The van der Waals surface area contributed by atoms with Gasteiger partial charge in [-0.05, 0) is 26.6 Å². The standard InChI is InChI=1S/C11H26N2O/c1-5-12(6-2)9-10-13(7-3)11-14-8-4/h5-11H2,1-4H3. The predicted molar refractivity (Wildman–Crippen MR) is 61.5 cm³/mol. The van der Waals surface area contributed by atoms with Gasteiger partial charge in [-0.2, -0.15) is 0 Å². The fourth-order valence-electron chi connectivity index (χ4n) is 1.36. The van der Waals surface area contributed by atoms with Gasteiger partial charge in [-0.25, -0.2) is 0 Å². The Morgan fingerprint density at radius 2 is 1.29 bits per heavy atom. The van der Waals surface area contributed by atoms with Crippen LogP contribution in [0.5, 0.6) is 0 Å². The highest BCUT2D eigenvalue weighted by molar-refractivity contribution is 4.57. The van der Waals surface area contributed by atoms with Crippen LogP contribution in [-0.4, -0.2) is 55.9 Å². The normalized spacial score (nSPS) is 11.6. The van der Waals surface area contributed by atoms with E-state index in [1.54, 1.807) is 0 Å². The molecule has 0 spiro atoms. The van der Waals surface area contributed by atoms with E-state index in [4.69, 9.17) is 4.74 Å². The quantitative estimate of drug-likeness (QED) is 0.529. The molecule has 0 unspecified atom stereocenters. The Morgan fingerprint density at radius 1 is 0.786 bits per heavy atom. The van der Waals surface area contributed by atoms with Gasteiger partial charge < -0.3 is 9.64 Å². The first-order valence-electron chi connectivity index (χ1n) is 5.80. The van der Waals surface area contributed by atoms with Gasteiger partial charge in [0, 0.05) is 19.7 Å². The lowest BCUT2D eigenvalue weighted by Gasteiger charge is -2.24. The zero-order valence-corrected chi connectivity index (χ0v) is 10.3. The van der Waals surface area contributed by atoms with Crippen molar-refractivity contribution in [2.75, 3.05) is 46.1 Å². The van der Waals surface area contributed by atoms with Crippen molar-refractivity contribution in [3.8, 4) is 0 Å². The van der Waals surface area contributed by atoms with E-state index in [2.05, 4.69) is 30.6 Å². The molecule has 86 valence electrons. The molecule has 14 heavy (non-hydrogen) atoms. The Morgan fingerprint density at radius 3 is 1.71 bits per heavy atom. The zero-order valence-electron chi connectivity index (χ0n) is 10.3. The van der Waals surface area contributed by atoms with E-state index in [0.29, 0.717) is 0 Å². The summed E-state index contributed by atoms with van der Waals surface area (Å²) in [5, 5.41) is 0. The van der Waals surface area contributed by atoms with Gasteiger partial charge in [0.25, 0.3) is 0 Å². The summed E-state index contributed by atoms with van der Waals surface area (Å²) in [5.74, 6) is 0. The molecule has 0 atom stereocenters. The van der Waals surface area contributed by atoms with Crippen LogP contribution < -0.4 is 0 Å². The fraction of sp³-hybridized carbons (Fsp3) is 1.00. The third-order valence-electron chi connectivity index (χ3n) is 2.55. The smallest absolute Gasteiger partial charge is 0.0990 e. The molecule has 3 nitrogen and oxygen atoms in total. The minimum atomic E-state index is 0.772. The summed E-state index contributed by atoms with van der Waals surface area (Å²) in [7, 11) is 0. The number of hydrogen-bond acceptors (Lipinski definition) is 3. The molecule has 0 N–H and O–H groups in total. The Labute approximate surface area is 89.0 Å². The Hall–Kier alpha value is -0.120. The van der Waals surface area contributed by atoms with Gasteiger partial charge in [0.15, 0.2) is 0 Å². The van der Waals surface area contributed by atoms with Crippen LogP contribution in [0.3, 0.4) is 0 Å². The second-order valence-corrected chi connectivity index (χ2v) is 3.36. The molecule has 0 aliphatic carbocycles. The van der Waals surface area contributed by atoms with E-state index >= 15 is 0 Å². The summed E-state index contributed by atoms with van der Waals surface area (Å²) >= 11 is 0. The maximum Gasteiger partial charge on any atom is 0.0990 e. The monoisotopic (exact) mass is 202 g/mol. The first kappa shape index (κ1) is 13.9. The van der Waals surface area contributed by atoms with Crippen LogP contribution in [0.25, 0.3) is 0 Å². The average molecular weight is 202 g/mol. The Bertz CT molecular complexity index is 116. The third-order valence-corrected chi connectivity index (χ3v) is 2.55. The highest BCUT2D eigenvalue weighted by Gasteiger charge is 2.04. The van der Waals surface area contributed by atoms with Crippen molar-refractivity contribution in [1.29, 1.82) is 0 Å². The fourth-order valence-corrected chi connectivity index (χ4v) is 1.36. The molecule has 0 saturated heterocycles. The molecule has 0 aromatic carbocycles. The van der Waals surface area contributed by atoms with E-state index < -0.39 is 0 Å². The van der Waals surface area contributed by atoms with Crippen LogP contribution in [0.4, 0.5) is 0 Å². The zero-order chi connectivity index (χ0) is 10.8. The second kappa shape index (κ2) is 9.44. The summed E-state index contributed by atoms with van der Waals surface area (Å²) in [6.45, 7) is 15.8. The van der Waals surface area contributed by atoms with Crippen LogP contribution >= 0.6 is 0 Å².